The van der Waals surface area contributed by atoms with Gasteiger partial charge in [0.1, 0.15) is 17.7 Å². The summed E-state index contributed by atoms with van der Waals surface area (Å²) < 4.78 is 27.2. The fourth-order valence-electron chi connectivity index (χ4n) is 2.52. The molecule has 1 atom stereocenters. The van der Waals surface area contributed by atoms with Crippen molar-refractivity contribution in [2.75, 3.05) is 11.9 Å². The molecule has 1 aliphatic heterocycles. The summed E-state index contributed by atoms with van der Waals surface area (Å²) in [6.45, 7) is 0. The summed E-state index contributed by atoms with van der Waals surface area (Å²) in [6, 6.07) is 7.37. The van der Waals surface area contributed by atoms with Crippen LogP contribution in [0.3, 0.4) is 0 Å². The number of amides is 2. The summed E-state index contributed by atoms with van der Waals surface area (Å²) in [4.78, 5) is 25.5. The van der Waals surface area contributed by atoms with E-state index in [0.717, 1.165) is 11.0 Å². The third-order valence-corrected chi connectivity index (χ3v) is 4.01. The molecule has 2 aromatic rings. The number of fused-ring (bicyclic) bond motifs is 1. The second-order valence-corrected chi connectivity index (χ2v) is 5.52. The molecule has 118 valence electrons. The Morgan fingerprint density at radius 2 is 1.91 bits per heavy atom. The topological polar surface area (TPSA) is 49.4 Å². The molecular formula is C16H11ClF2N2O2. The van der Waals surface area contributed by atoms with E-state index >= 15 is 0 Å². The first-order valence-electron chi connectivity index (χ1n) is 6.72. The predicted molar refractivity (Wildman–Crippen MR) is 81.4 cm³/mol. The molecule has 0 saturated carbocycles. The molecule has 2 amide bonds. The highest BCUT2D eigenvalue weighted by molar-refractivity contribution is 6.31. The smallest absolute Gasteiger partial charge is 0.254 e. The number of likely N-dealkylation sites (N-methyl/N-ethyl adjacent to an activating group) is 1. The van der Waals surface area contributed by atoms with Gasteiger partial charge in [-0.25, -0.2) is 8.78 Å². The molecule has 1 heterocycles. The van der Waals surface area contributed by atoms with Crippen molar-refractivity contribution in [1.82, 2.24) is 5.32 Å². The monoisotopic (exact) mass is 336 g/mol. The maximum absolute atomic E-state index is 13.9. The zero-order valence-electron chi connectivity index (χ0n) is 11.9. The van der Waals surface area contributed by atoms with Gasteiger partial charge in [0.05, 0.1) is 10.7 Å². The zero-order chi connectivity index (χ0) is 16.7. The van der Waals surface area contributed by atoms with E-state index in [4.69, 9.17) is 11.6 Å². The van der Waals surface area contributed by atoms with Gasteiger partial charge < -0.3 is 10.2 Å². The minimum Gasteiger partial charge on any atom is -0.336 e. The molecule has 1 unspecified atom stereocenters. The van der Waals surface area contributed by atoms with Crippen LogP contribution in [-0.4, -0.2) is 18.9 Å². The van der Waals surface area contributed by atoms with Gasteiger partial charge in [-0.05, 0) is 17.7 Å². The standard InChI is InChI=1S/C16H11ClF2N2O2/c1-21(13-6-10(17)11(18)7-12(13)19)16(23)14-8-4-2-3-5-9(8)15(22)20-14/h2-7,14H,1H3,(H,20,22). The van der Waals surface area contributed by atoms with Crippen molar-refractivity contribution < 1.29 is 18.4 Å². The van der Waals surface area contributed by atoms with Crippen molar-refractivity contribution in [1.29, 1.82) is 0 Å². The van der Waals surface area contributed by atoms with Gasteiger partial charge in [-0.1, -0.05) is 29.8 Å². The maximum atomic E-state index is 13.9. The number of nitrogens with zero attached hydrogens (tertiary/aromatic N) is 1. The molecule has 0 aliphatic carbocycles. The van der Waals surface area contributed by atoms with Gasteiger partial charge in [-0.15, -0.1) is 0 Å². The largest absolute Gasteiger partial charge is 0.336 e. The summed E-state index contributed by atoms with van der Waals surface area (Å²) >= 11 is 5.65. The minimum atomic E-state index is -0.924. The second kappa shape index (κ2) is 5.62. The third-order valence-electron chi connectivity index (χ3n) is 3.72. The average molecular weight is 337 g/mol. The highest BCUT2D eigenvalue weighted by Crippen LogP contribution is 2.30. The molecule has 0 spiro atoms. The highest BCUT2D eigenvalue weighted by atomic mass is 35.5. The van der Waals surface area contributed by atoms with E-state index in [1.54, 1.807) is 24.3 Å². The number of carbonyl (C=O) groups excluding carboxylic acids is 2. The van der Waals surface area contributed by atoms with Gasteiger partial charge in [0, 0.05) is 18.7 Å². The van der Waals surface area contributed by atoms with Crippen LogP contribution >= 0.6 is 11.6 Å². The Kier molecular flexibility index (Phi) is 3.77. The van der Waals surface area contributed by atoms with E-state index in [1.165, 1.54) is 7.05 Å². The molecule has 0 fully saturated rings. The first-order chi connectivity index (χ1) is 10.9. The van der Waals surface area contributed by atoms with Crippen LogP contribution in [0.15, 0.2) is 36.4 Å². The number of nitrogens with one attached hydrogen (secondary N) is 1. The van der Waals surface area contributed by atoms with Crippen LogP contribution in [0.1, 0.15) is 22.0 Å². The summed E-state index contributed by atoms with van der Waals surface area (Å²) in [5.41, 5.74) is 0.750. The quantitative estimate of drug-likeness (QED) is 0.857. The molecule has 0 bridgehead atoms. The zero-order valence-corrected chi connectivity index (χ0v) is 12.7. The lowest BCUT2D eigenvalue weighted by atomic mass is 10.0. The van der Waals surface area contributed by atoms with E-state index in [0.29, 0.717) is 17.2 Å². The normalized spacial score (nSPS) is 16.0. The van der Waals surface area contributed by atoms with Gasteiger partial charge >= 0.3 is 0 Å². The van der Waals surface area contributed by atoms with Crippen molar-refractivity contribution in [2.24, 2.45) is 0 Å². The molecule has 0 saturated heterocycles. The van der Waals surface area contributed by atoms with Crippen LogP contribution in [0.4, 0.5) is 14.5 Å². The lowest BCUT2D eigenvalue weighted by Gasteiger charge is -2.22. The van der Waals surface area contributed by atoms with E-state index in [9.17, 15) is 18.4 Å². The van der Waals surface area contributed by atoms with Gasteiger partial charge in [0.25, 0.3) is 11.8 Å². The predicted octanol–water partition coefficient (Wildman–Crippen LogP) is 3.07. The van der Waals surface area contributed by atoms with Crippen LogP contribution < -0.4 is 10.2 Å². The molecular weight excluding hydrogens is 326 g/mol. The molecule has 0 radical (unpaired) electrons. The van der Waals surface area contributed by atoms with Crippen molar-refractivity contribution in [3.05, 3.63) is 64.2 Å². The molecule has 7 heteroatoms. The van der Waals surface area contributed by atoms with E-state index in [-0.39, 0.29) is 16.6 Å². The van der Waals surface area contributed by atoms with Crippen LogP contribution in [0.25, 0.3) is 0 Å². The van der Waals surface area contributed by atoms with Crippen molar-refractivity contribution >= 4 is 29.1 Å². The van der Waals surface area contributed by atoms with Crippen molar-refractivity contribution in [3.63, 3.8) is 0 Å². The molecule has 1 N–H and O–H groups in total. The van der Waals surface area contributed by atoms with E-state index in [1.807, 2.05) is 0 Å². The number of hydrogen-bond donors (Lipinski definition) is 1. The van der Waals surface area contributed by atoms with Crippen LogP contribution in [0.5, 0.6) is 0 Å². The number of carbonyl (C=O) groups is 2. The molecule has 2 aromatic carbocycles. The summed E-state index contributed by atoms with van der Waals surface area (Å²) in [5, 5.41) is 2.26. The molecule has 1 aliphatic rings. The lowest BCUT2D eigenvalue weighted by molar-refractivity contribution is -0.120. The van der Waals surface area contributed by atoms with Gasteiger partial charge in [0.15, 0.2) is 0 Å². The van der Waals surface area contributed by atoms with E-state index < -0.39 is 23.6 Å². The second-order valence-electron chi connectivity index (χ2n) is 5.11. The van der Waals surface area contributed by atoms with Crippen molar-refractivity contribution in [3.8, 4) is 0 Å². The van der Waals surface area contributed by atoms with Crippen LogP contribution in [0.2, 0.25) is 5.02 Å². The Hall–Kier alpha value is -2.47. The average Bonchev–Trinajstić information content (AvgIpc) is 2.87. The first kappa shape index (κ1) is 15.4. The van der Waals surface area contributed by atoms with E-state index in [2.05, 4.69) is 5.32 Å². The number of halogens is 3. The number of anilines is 1. The number of rotatable bonds is 2. The fraction of sp³-hybridized carbons (Fsp3) is 0.125. The van der Waals surface area contributed by atoms with Crippen LogP contribution in [-0.2, 0) is 4.79 Å². The molecule has 23 heavy (non-hydrogen) atoms. The molecule has 3 rings (SSSR count). The molecule has 0 aromatic heterocycles. The summed E-state index contributed by atoms with van der Waals surface area (Å²) in [7, 11) is 1.34. The highest BCUT2D eigenvalue weighted by Gasteiger charge is 2.35. The lowest BCUT2D eigenvalue weighted by Crippen LogP contribution is -2.37. The first-order valence-corrected chi connectivity index (χ1v) is 7.10. The van der Waals surface area contributed by atoms with Crippen molar-refractivity contribution in [2.45, 2.75) is 6.04 Å². The summed E-state index contributed by atoms with van der Waals surface area (Å²) in [5.74, 6) is -2.75. The maximum Gasteiger partial charge on any atom is 0.254 e. The Labute approximate surface area is 135 Å². The molecule has 4 nitrogen and oxygen atoms in total. The Morgan fingerprint density at radius 1 is 1.22 bits per heavy atom. The van der Waals surface area contributed by atoms with Crippen LogP contribution in [0, 0.1) is 11.6 Å². The van der Waals surface area contributed by atoms with Gasteiger partial charge in [-0.2, -0.15) is 0 Å². The van der Waals surface area contributed by atoms with Gasteiger partial charge in [-0.3, -0.25) is 9.59 Å². The Balaban J connectivity index is 1.96. The SMILES string of the molecule is CN(C(=O)C1NC(=O)c2ccccc21)c1cc(Cl)c(F)cc1F. The summed E-state index contributed by atoms with van der Waals surface area (Å²) in [6.07, 6.45) is 0. The van der Waals surface area contributed by atoms with Gasteiger partial charge in [0.2, 0.25) is 0 Å². The fourth-order valence-corrected chi connectivity index (χ4v) is 2.68. The number of hydrogen-bond acceptors (Lipinski definition) is 2. The minimum absolute atomic E-state index is 0.167. The Bertz CT molecular complexity index is 826. The third kappa shape index (κ3) is 2.55. The Morgan fingerprint density at radius 3 is 2.65 bits per heavy atom. The number of benzene rings is 2.